The number of nitrogens with zero attached hydrogens (tertiary/aromatic N) is 3. The van der Waals surface area contributed by atoms with Crippen LogP contribution in [0.1, 0.15) is 36.9 Å². The molecule has 0 atom stereocenters. The number of likely N-dealkylation sites (tertiary alicyclic amines) is 1. The Labute approximate surface area is 158 Å². The summed E-state index contributed by atoms with van der Waals surface area (Å²) in [6.45, 7) is 3.47. The predicted octanol–water partition coefficient (Wildman–Crippen LogP) is 3.25. The molecule has 1 saturated heterocycles. The standard InChI is InChI=1S/C20H25N3O2S/c1-16-13-18(24)23(14-19(25)22-11-7-2-3-8-12-22)20(21-16)26-15-17-9-5-4-6-10-17/h4-6,9-10,13H,2-3,7-8,11-12,14-15H2,1H3. The van der Waals surface area contributed by atoms with Gasteiger partial charge in [-0.25, -0.2) is 4.98 Å². The lowest BCUT2D eigenvalue weighted by molar-refractivity contribution is -0.132. The van der Waals surface area contributed by atoms with E-state index in [0.29, 0.717) is 16.6 Å². The second-order valence-corrected chi connectivity index (χ2v) is 7.62. The minimum Gasteiger partial charge on any atom is -0.341 e. The fourth-order valence-electron chi connectivity index (χ4n) is 3.13. The maximum absolute atomic E-state index is 12.7. The van der Waals surface area contributed by atoms with Gasteiger partial charge in [0.05, 0.1) is 0 Å². The molecule has 6 heteroatoms. The van der Waals surface area contributed by atoms with Crippen LogP contribution in [0.25, 0.3) is 0 Å². The smallest absolute Gasteiger partial charge is 0.254 e. The van der Waals surface area contributed by atoms with Gasteiger partial charge in [0.15, 0.2) is 5.16 Å². The van der Waals surface area contributed by atoms with Crippen LogP contribution < -0.4 is 5.56 Å². The largest absolute Gasteiger partial charge is 0.341 e. The molecule has 5 nitrogen and oxygen atoms in total. The highest BCUT2D eigenvalue weighted by atomic mass is 32.2. The molecule has 26 heavy (non-hydrogen) atoms. The lowest BCUT2D eigenvalue weighted by Crippen LogP contribution is -2.37. The number of aryl methyl sites for hydroxylation is 1. The van der Waals surface area contributed by atoms with Gasteiger partial charge in [-0.1, -0.05) is 54.9 Å². The van der Waals surface area contributed by atoms with Gasteiger partial charge in [-0.2, -0.15) is 0 Å². The maximum Gasteiger partial charge on any atom is 0.254 e. The van der Waals surface area contributed by atoms with Gasteiger partial charge in [-0.05, 0) is 25.3 Å². The van der Waals surface area contributed by atoms with Crippen LogP contribution in [-0.2, 0) is 17.1 Å². The SMILES string of the molecule is Cc1cc(=O)n(CC(=O)N2CCCCCC2)c(SCc2ccccc2)n1. The first kappa shape index (κ1) is 18.7. The van der Waals surface area contributed by atoms with Crippen molar-refractivity contribution < 1.29 is 4.79 Å². The van der Waals surface area contributed by atoms with Crippen molar-refractivity contribution >= 4 is 17.7 Å². The maximum atomic E-state index is 12.7. The molecule has 138 valence electrons. The van der Waals surface area contributed by atoms with E-state index in [1.165, 1.54) is 40.8 Å². The summed E-state index contributed by atoms with van der Waals surface area (Å²) in [7, 11) is 0. The van der Waals surface area contributed by atoms with Gasteiger partial charge >= 0.3 is 0 Å². The first-order valence-corrected chi connectivity index (χ1v) is 10.1. The van der Waals surface area contributed by atoms with Crippen molar-refractivity contribution in [2.24, 2.45) is 0 Å². The van der Waals surface area contributed by atoms with Crippen LogP contribution in [0.5, 0.6) is 0 Å². The van der Waals surface area contributed by atoms with Crippen LogP contribution >= 0.6 is 11.8 Å². The Bertz CT molecular complexity index is 796. The molecule has 1 aliphatic heterocycles. The number of carbonyl (C=O) groups is 1. The number of amides is 1. The van der Waals surface area contributed by atoms with Crippen LogP contribution in [-0.4, -0.2) is 33.4 Å². The highest BCUT2D eigenvalue weighted by molar-refractivity contribution is 7.98. The molecule has 1 amide bonds. The van der Waals surface area contributed by atoms with Crippen LogP contribution in [0.3, 0.4) is 0 Å². The lowest BCUT2D eigenvalue weighted by atomic mass is 10.2. The van der Waals surface area contributed by atoms with Crippen LogP contribution in [0.2, 0.25) is 0 Å². The minimum absolute atomic E-state index is 0.0150. The monoisotopic (exact) mass is 371 g/mol. The van der Waals surface area contributed by atoms with E-state index >= 15 is 0 Å². The van der Waals surface area contributed by atoms with Crippen molar-refractivity contribution in [1.29, 1.82) is 0 Å². The van der Waals surface area contributed by atoms with Gasteiger partial charge in [-0.15, -0.1) is 0 Å². The van der Waals surface area contributed by atoms with Gasteiger partial charge in [0.2, 0.25) is 5.91 Å². The number of hydrogen-bond acceptors (Lipinski definition) is 4. The minimum atomic E-state index is -0.156. The van der Waals surface area contributed by atoms with Gasteiger partial charge in [0, 0.05) is 30.6 Å². The van der Waals surface area contributed by atoms with E-state index in [-0.39, 0.29) is 18.0 Å². The Morgan fingerprint density at radius 3 is 2.50 bits per heavy atom. The number of hydrogen-bond donors (Lipinski definition) is 0. The summed E-state index contributed by atoms with van der Waals surface area (Å²) in [5.74, 6) is 0.732. The molecule has 0 saturated carbocycles. The van der Waals surface area contributed by atoms with Gasteiger partial charge in [-0.3, -0.25) is 14.2 Å². The zero-order chi connectivity index (χ0) is 18.4. The van der Waals surface area contributed by atoms with Gasteiger partial charge < -0.3 is 4.90 Å². The summed E-state index contributed by atoms with van der Waals surface area (Å²) in [5, 5.41) is 0.613. The number of benzene rings is 1. The predicted molar refractivity (Wildman–Crippen MR) is 104 cm³/mol. The number of rotatable bonds is 5. The van der Waals surface area contributed by atoms with E-state index in [9.17, 15) is 9.59 Å². The van der Waals surface area contributed by atoms with E-state index in [4.69, 9.17) is 0 Å². The summed E-state index contributed by atoms with van der Waals surface area (Å²) in [4.78, 5) is 31.6. The number of thioether (sulfide) groups is 1. The van der Waals surface area contributed by atoms with Gasteiger partial charge in [0.1, 0.15) is 6.54 Å². The average molecular weight is 372 g/mol. The highest BCUT2D eigenvalue weighted by Gasteiger charge is 2.18. The molecule has 0 aliphatic carbocycles. The van der Waals surface area contributed by atoms with Gasteiger partial charge in [0.25, 0.3) is 5.56 Å². The lowest BCUT2D eigenvalue weighted by Gasteiger charge is -2.21. The van der Waals surface area contributed by atoms with Crippen LogP contribution in [0.15, 0.2) is 46.3 Å². The molecular formula is C20H25N3O2S. The third kappa shape index (κ3) is 4.97. The Kier molecular flexibility index (Phi) is 6.50. The summed E-state index contributed by atoms with van der Waals surface area (Å²) >= 11 is 1.50. The molecule has 1 aromatic carbocycles. The van der Waals surface area contributed by atoms with Crippen molar-refractivity contribution in [3.05, 3.63) is 58.0 Å². The van der Waals surface area contributed by atoms with Crippen molar-refractivity contribution in [3.8, 4) is 0 Å². The first-order chi connectivity index (χ1) is 12.6. The molecule has 0 unspecified atom stereocenters. The van der Waals surface area contributed by atoms with Crippen LogP contribution in [0, 0.1) is 6.92 Å². The summed E-state index contributed by atoms with van der Waals surface area (Å²) in [6, 6.07) is 11.6. The second kappa shape index (κ2) is 9.03. The third-order valence-corrected chi connectivity index (χ3v) is 5.61. The van der Waals surface area contributed by atoms with Crippen molar-refractivity contribution in [2.75, 3.05) is 13.1 Å². The molecule has 3 rings (SSSR count). The number of carbonyl (C=O) groups excluding carboxylic acids is 1. The zero-order valence-electron chi connectivity index (χ0n) is 15.2. The summed E-state index contributed by atoms with van der Waals surface area (Å²) in [6.07, 6.45) is 4.44. The van der Waals surface area contributed by atoms with Crippen molar-refractivity contribution in [2.45, 2.75) is 50.1 Å². The molecule has 0 radical (unpaired) electrons. The van der Waals surface area contributed by atoms with E-state index < -0.39 is 0 Å². The molecule has 1 fully saturated rings. The first-order valence-electron chi connectivity index (χ1n) is 9.16. The molecule has 1 aliphatic rings. The Balaban J connectivity index is 1.76. The molecule has 0 N–H and O–H groups in total. The average Bonchev–Trinajstić information content (AvgIpc) is 2.92. The van der Waals surface area contributed by atoms with Crippen LogP contribution in [0.4, 0.5) is 0 Å². The third-order valence-electron chi connectivity index (χ3n) is 4.56. The van der Waals surface area contributed by atoms with E-state index in [2.05, 4.69) is 4.98 Å². The molecule has 2 aromatic rings. The fourth-order valence-corrected chi connectivity index (χ4v) is 4.13. The molecular weight excluding hydrogens is 346 g/mol. The fraction of sp³-hybridized carbons (Fsp3) is 0.450. The van der Waals surface area contributed by atoms with E-state index in [0.717, 1.165) is 25.9 Å². The highest BCUT2D eigenvalue weighted by Crippen LogP contribution is 2.20. The zero-order valence-corrected chi connectivity index (χ0v) is 16.0. The normalized spacial score (nSPS) is 14.9. The summed E-state index contributed by atoms with van der Waals surface area (Å²) in [5.41, 5.74) is 1.69. The van der Waals surface area contributed by atoms with E-state index in [1.54, 1.807) is 0 Å². The quantitative estimate of drug-likeness (QED) is 0.598. The van der Waals surface area contributed by atoms with Crippen molar-refractivity contribution in [3.63, 3.8) is 0 Å². The second-order valence-electron chi connectivity index (χ2n) is 6.67. The molecule has 2 heterocycles. The molecule has 1 aromatic heterocycles. The molecule has 0 spiro atoms. The topological polar surface area (TPSA) is 55.2 Å². The van der Waals surface area contributed by atoms with E-state index in [1.807, 2.05) is 42.2 Å². The Morgan fingerprint density at radius 1 is 1.12 bits per heavy atom. The Hall–Kier alpha value is -2.08. The van der Waals surface area contributed by atoms with Crippen molar-refractivity contribution in [1.82, 2.24) is 14.5 Å². The number of aromatic nitrogens is 2. The Morgan fingerprint density at radius 2 is 1.81 bits per heavy atom. The summed E-state index contributed by atoms with van der Waals surface area (Å²) < 4.78 is 1.52. The molecule has 0 bridgehead atoms.